The van der Waals surface area contributed by atoms with Crippen molar-refractivity contribution in [3.05, 3.63) is 106 Å². The molecule has 3 aromatic carbocycles. The second-order valence-corrected chi connectivity index (χ2v) is 16.6. The fraction of sp³-hybridized carbons (Fsp3) is 0.308. The molecule has 0 spiro atoms. The maximum Gasteiger partial charge on any atom is 0.329 e. The van der Waals surface area contributed by atoms with E-state index in [9.17, 15) is 48.6 Å². The van der Waals surface area contributed by atoms with Crippen molar-refractivity contribution in [1.29, 1.82) is 0 Å². The van der Waals surface area contributed by atoms with Crippen LogP contribution in [-0.4, -0.2) is 112 Å². The molecule has 320 valence electrons. The van der Waals surface area contributed by atoms with Crippen LogP contribution in [0.5, 0.6) is 17.4 Å². The number of urea groups is 1. The van der Waals surface area contributed by atoms with Gasteiger partial charge < -0.3 is 61.0 Å². The van der Waals surface area contributed by atoms with Crippen LogP contribution in [0.25, 0.3) is 11.2 Å². The highest BCUT2D eigenvalue weighted by Crippen LogP contribution is 2.42. The molecule has 0 radical (unpaired) electrons. The number of phenols is 2. The average molecular weight is 858 g/mol. The Bertz CT molecular complexity index is 2700. The minimum Gasteiger partial charge on any atom is -0.508 e. The third-order valence-electron chi connectivity index (χ3n) is 11.1. The van der Waals surface area contributed by atoms with Crippen molar-refractivity contribution in [3.8, 4) is 17.4 Å². The zero-order chi connectivity index (χ0) is 43.2. The van der Waals surface area contributed by atoms with Crippen LogP contribution in [0.2, 0.25) is 0 Å². The van der Waals surface area contributed by atoms with Gasteiger partial charge in [-0.2, -0.15) is 9.97 Å². The number of hydrogen-bond acceptors (Lipinski definition) is 15. The first kappa shape index (κ1) is 41.0. The third-order valence-corrected chi connectivity index (χ3v) is 12.1. The minimum atomic E-state index is -3.99. The molecule has 1 saturated heterocycles. The van der Waals surface area contributed by atoms with E-state index in [1.54, 1.807) is 53.1 Å². The van der Waals surface area contributed by atoms with Gasteiger partial charge in [0.15, 0.2) is 17.0 Å². The van der Waals surface area contributed by atoms with Gasteiger partial charge in [0.05, 0.1) is 29.9 Å². The summed E-state index contributed by atoms with van der Waals surface area (Å²) < 4.78 is 26.1. The lowest BCUT2D eigenvalue weighted by Crippen LogP contribution is -2.40. The van der Waals surface area contributed by atoms with Crippen LogP contribution in [0.15, 0.2) is 88.8 Å². The number of aromatic hydroxyl groups is 3. The molecule has 22 heteroatoms. The Kier molecular flexibility index (Phi) is 11.0. The highest BCUT2D eigenvalue weighted by atomic mass is 32.2. The van der Waals surface area contributed by atoms with Crippen LogP contribution in [0, 0.1) is 0 Å². The Labute approximate surface area is 346 Å². The van der Waals surface area contributed by atoms with E-state index >= 15 is 0 Å². The SMILES string of the molecule is NS(=O)(=O)c1cccc(NC(=O)NC2CCN(c3nc(NCC(c4ccc(O)cc4)c4ccc(O)cc4)c4ncn([C@@H]5C[C@H](n6c(O)c(CO)[nH]c6=O)[C@@H](O)[C@H]5O)c4n3)C2)c1. The minimum absolute atomic E-state index is 0.0409. The van der Waals surface area contributed by atoms with Crippen molar-refractivity contribution >= 4 is 44.7 Å². The number of primary sulfonamides is 1. The maximum absolute atomic E-state index is 13.0. The van der Waals surface area contributed by atoms with Gasteiger partial charge in [0, 0.05) is 37.3 Å². The number of aliphatic hydroxyl groups excluding tert-OH is 3. The summed E-state index contributed by atoms with van der Waals surface area (Å²) in [4.78, 5) is 44.3. The van der Waals surface area contributed by atoms with E-state index in [-0.39, 0.29) is 70.8 Å². The number of anilines is 3. The number of nitrogens with zero attached hydrogens (tertiary/aromatic N) is 6. The predicted octanol–water partition coefficient (Wildman–Crippen LogP) is 1.12. The van der Waals surface area contributed by atoms with Crippen molar-refractivity contribution in [2.75, 3.05) is 35.2 Å². The van der Waals surface area contributed by atoms with Gasteiger partial charge >= 0.3 is 11.7 Å². The van der Waals surface area contributed by atoms with Crippen LogP contribution in [-0.2, 0) is 16.6 Å². The number of carbonyl (C=O) groups is 1. The van der Waals surface area contributed by atoms with E-state index in [1.165, 1.54) is 30.6 Å². The zero-order valence-electron chi connectivity index (χ0n) is 32.2. The average Bonchev–Trinajstić information content (AvgIpc) is 4.01. The topological polar surface area (TPSA) is 319 Å². The molecule has 21 nitrogen and oxygen atoms in total. The summed E-state index contributed by atoms with van der Waals surface area (Å²) in [5.41, 5.74) is 1.57. The van der Waals surface area contributed by atoms with Crippen molar-refractivity contribution in [3.63, 3.8) is 0 Å². The number of carbonyl (C=O) groups excluding carboxylic acids is 1. The Hall–Kier alpha value is -6.72. The summed E-state index contributed by atoms with van der Waals surface area (Å²) in [7, 11) is -3.99. The number of sulfonamides is 1. The number of aliphatic hydroxyl groups is 3. The number of benzene rings is 3. The van der Waals surface area contributed by atoms with Gasteiger partial charge in [-0.1, -0.05) is 30.3 Å². The number of H-pyrrole nitrogens is 1. The van der Waals surface area contributed by atoms with Crippen LogP contribution >= 0.6 is 0 Å². The summed E-state index contributed by atoms with van der Waals surface area (Å²) in [6.07, 6.45) is -1.08. The van der Waals surface area contributed by atoms with Crippen molar-refractivity contribution in [2.45, 2.75) is 60.6 Å². The van der Waals surface area contributed by atoms with Gasteiger partial charge in [-0.3, -0.25) is 4.57 Å². The quantitative estimate of drug-likeness (QED) is 0.0822. The van der Waals surface area contributed by atoms with E-state index in [0.29, 0.717) is 24.3 Å². The zero-order valence-corrected chi connectivity index (χ0v) is 33.0. The molecule has 6 aromatic rings. The number of fused-ring (bicyclic) bond motifs is 1. The van der Waals surface area contributed by atoms with Gasteiger partial charge in [-0.25, -0.2) is 28.1 Å². The monoisotopic (exact) mass is 857 g/mol. The summed E-state index contributed by atoms with van der Waals surface area (Å²) in [5, 5.41) is 77.2. The van der Waals surface area contributed by atoms with Crippen LogP contribution < -0.4 is 31.7 Å². The summed E-state index contributed by atoms with van der Waals surface area (Å²) >= 11 is 0. The van der Waals surface area contributed by atoms with Crippen molar-refractivity contribution in [1.82, 2.24) is 34.4 Å². The number of amides is 2. The first-order chi connectivity index (χ1) is 29.2. The molecule has 8 rings (SSSR count). The summed E-state index contributed by atoms with van der Waals surface area (Å²) in [6, 6.07) is 16.0. The molecule has 2 aliphatic rings. The fourth-order valence-corrected chi connectivity index (χ4v) is 8.60. The Morgan fingerprint density at radius 2 is 1.62 bits per heavy atom. The third kappa shape index (κ3) is 8.25. The number of phenolic OH excluding ortho intramolecular Hbond substituents is 2. The molecule has 5 atom stereocenters. The number of imidazole rings is 2. The molecule has 1 unspecified atom stereocenters. The number of nitrogens with two attached hydrogens (primary N) is 1. The van der Waals surface area contributed by atoms with E-state index < -0.39 is 58.5 Å². The van der Waals surface area contributed by atoms with E-state index in [2.05, 4.69) is 25.9 Å². The molecule has 2 fully saturated rings. The van der Waals surface area contributed by atoms with Gasteiger partial charge in [0.25, 0.3) is 0 Å². The molecule has 1 aliphatic heterocycles. The highest BCUT2D eigenvalue weighted by molar-refractivity contribution is 7.89. The normalized spacial score (nSPS) is 20.4. The smallest absolute Gasteiger partial charge is 0.329 e. The largest absolute Gasteiger partial charge is 0.508 e. The summed E-state index contributed by atoms with van der Waals surface area (Å²) in [6.45, 7) is 0.269. The van der Waals surface area contributed by atoms with Gasteiger partial charge in [0.2, 0.25) is 21.9 Å². The number of rotatable bonds is 12. The van der Waals surface area contributed by atoms with E-state index in [4.69, 9.17) is 15.1 Å². The van der Waals surface area contributed by atoms with E-state index in [0.717, 1.165) is 15.7 Å². The second-order valence-electron chi connectivity index (χ2n) is 15.0. The Morgan fingerprint density at radius 1 is 0.951 bits per heavy atom. The number of aromatic nitrogens is 6. The molecule has 61 heavy (non-hydrogen) atoms. The molecular formula is C39H43N11O10S. The molecular weight excluding hydrogens is 815 g/mol. The highest BCUT2D eigenvalue weighted by Gasteiger charge is 2.46. The molecule has 3 aromatic heterocycles. The predicted molar refractivity (Wildman–Crippen MR) is 220 cm³/mol. The first-order valence-electron chi connectivity index (χ1n) is 19.2. The second kappa shape index (κ2) is 16.4. The fourth-order valence-electron chi connectivity index (χ4n) is 8.04. The molecule has 1 aliphatic carbocycles. The Morgan fingerprint density at radius 3 is 2.26 bits per heavy atom. The van der Waals surface area contributed by atoms with E-state index in [1.807, 2.05) is 4.90 Å². The lowest BCUT2D eigenvalue weighted by Gasteiger charge is -2.22. The molecule has 4 heterocycles. The molecule has 2 amide bonds. The first-order valence-corrected chi connectivity index (χ1v) is 20.7. The van der Waals surface area contributed by atoms with Crippen LogP contribution in [0.1, 0.15) is 47.7 Å². The molecule has 1 saturated carbocycles. The number of hydrogen-bond donors (Lipinski definition) is 11. The molecule has 0 bridgehead atoms. The van der Waals surface area contributed by atoms with Crippen molar-refractivity contribution < 1.29 is 43.9 Å². The lowest BCUT2D eigenvalue weighted by molar-refractivity contribution is 0.00758. The van der Waals surface area contributed by atoms with Crippen molar-refractivity contribution in [2.24, 2.45) is 5.14 Å². The van der Waals surface area contributed by atoms with Gasteiger partial charge in [-0.15, -0.1) is 0 Å². The Balaban J connectivity index is 1.11. The number of aromatic amines is 1. The summed E-state index contributed by atoms with van der Waals surface area (Å²) in [5.74, 6) is -0.145. The standard InChI is InChI=1S/C39H43N11O10S/c40-61(59,60)26-3-1-2-22(14-26)43-38(57)44-23-12-13-48(17-23)37-46-34(41-16-27(20-4-8-24(52)9-5-20)21-6-10-25(53)11-7-21)31-35(47-37)49(19-42-31)29-15-30(33(55)32(29)54)50-36(56)28(18-51)45-39(50)58/h1-11,14,19,23,27,29-30,32-33,51-56H,12-13,15-18H2,(H,45,58)(H2,40,59,60)(H,41,46,47)(H2,43,44,57)/t23?,29-,30+,32+,33-/m1/s1. The van der Waals surface area contributed by atoms with Crippen LogP contribution in [0.4, 0.5) is 22.2 Å². The van der Waals surface area contributed by atoms with Crippen LogP contribution in [0.3, 0.4) is 0 Å². The van der Waals surface area contributed by atoms with Gasteiger partial charge in [0.1, 0.15) is 29.4 Å². The van der Waals surface area contributed by atoms with Gasteiger partial charge in [-0.05, 0) is 66.4 Å². The number of nitrogens with one attached hydrogen (secondary N) is 4. The maximum atomic E-state index is 13.0. The molecule has 12 N–H and O–H groups in total. The lowest BCUT2D eigenvalue weighted by atomic mass is 9.91.